The third-order valence-electron chi connectivity index (χ3n) is 4.93. The topological polar surface area (TPSA) is 58.4 Å². The molecule has 0 aliphatic heterocycles. The van der Waals surface area contributed by atoms with E-state index in [2.05, 4.69) is 18.9 Å². The molecule has 29 heavy (non-hydrogen) atoms. The predicted molar refractivity (Wildman–Crippen MR) is 104 cm³/mol. The molecule has 0 radical (unpaired) electrons. The van der Waals surface area contributed by atoms with Crippen molar-refractivity contribution in [3.8, 4) is 0 Å². The second-order valence-corrected chi connectivity index (χ2v) is 7.50. The van der Waals surface area contributed by atoms with Crippen molar-refractivity contribution in [1.29, 1.82) is 0 Å². The van der Waals surface area contributed by atoms with Crippen LogP contribution in [-0.4, -0.2) is 38.8 Å². The van der Waals surface area contributed by atoms with E-state index in [-0.39, 0.29) is 18.5 Å². The number of aliphatic hydroxyl groups excluding tert-OH is 1. The highest BCUT2D eigenvalue weighted by Crippen LogP contribution is 2.34. The van der Waals surface area contributed by atoms with Gasteiger partial charge in [0.1, 0.15) is 11.3 Å². The van der Waals surface area contributed by atoms with Crippen molar-refractivity contribution in [2.75, 3.05) is 7.11 Å². The smallest absolute Gasteiger partial charge is 0.283 e. The molecule has 1 aliphatic carbocycles. The fraction of sp³-hybridized carbons (Fsp3) is 0.524. The molecule has 2 aromatic rings. The molecule has 8 heteroatoms. The van der Waals surface area contributed by atoms with E-state index < -0.39 is 29.5 Å². The highest BCUT2D eigenvalue weighted by Gasteiger charge is 2.38. The summed E-state index contributed by atoms with van der Waals surface area (Å²) in [6, 6.07) is 5.99. The monoisotopic (exact) mass is 411 g/mol. The lowest BCUT2D eigenvalue weighted by Gasteiger charge is -2.25. The minimum atomic E-state index is -3.01. The second-order valence-electron chi connectivity index (χ2n) is 7.50. The zero-order valence-electron chi connectivity index (χ0n) is 17.4. The van der Waals surface area contributed by atoms with Gasteiger partial charge in [-0.3, -0.25) is 4.79 Å². The molecule has 0 bridgehead atoms. The van der Waals surface area contributed by atoms with Crippen molar-refractivity contribution in [2.24, 2.45) is 7.05 Å². The standard InChI is InChI=1S/C20H24F3N3O.CH4O/c1-11(2)15-8-5-12(3)9-13(15)10-26(14-6-7-14)20(27)16-17(18(21)22)24-25(4)19(16)23;1-2/h5,8-9,11,14,18H,6-7,10H2,1-4H3;2H,1H3. The summed E-state index contributed by atoms with van der Waals surface area (Å²) in [5.41, 5.74) is 1.71. The molecule has 1 N–H and O–H groups in total. The van der Waals surface area contributed by atoms with Gasteiger partial charge in [0.05, 0.1) is 0 Å². The minimum Gasteiger partial charge on any atom is -0.400 e. The molecule has 0 atom stereocenters. The maximum Gasteiger partial charge on any atom is 0.283 e. The van der Waals surface area contributed by atoms with E-state index in [0.29, 0.717) is 4.68 Å². The van der Waals surface area contributed by atoms with Crippen molar-refractivity contribution in [3.05, 3.63) is 52.1 Å². The van der Waals surface area contributed by atoms with Gasteiger partial charge in [-0.05, 0) is 36.8 Å². The van der Waals surface area contributed by atoms with Crippen LogP contribution in [0.4, 0.5) is 13.2 Å². The van der Waals surface area contributed by atoms with Crippen LogP contribution in [0.2, 0.25) is 0 Å². The Bertz CT molecular complexity index is 861. The molecule has 1 aromatic heterocycles. The lowest BCUT2D eigenvalue weighted by atomic mass is 9.95. The van der Waals surface area contributed by atoms with Crippen LogP contribution in [0.3, 0.4) is 0 Å². The third kappa shape index (κ3) is 4.98. The van der Waals surface area contributed by atoms with Gasteiger partial charge in [-0.2, -0.15) is 9.49 Å². The molecule has 1 aromatic carbocycles. The Morgan fingerprint density at radius 1 is 1.31 bits per heavy atom. The number of hydrogen-bond acceptors (Lipinski definition) is 3. The van der Waals surface area contributed by atoms with E-state index in [9.17, 15) is 18.0 Å². The summed E-state index contributed by atoms with van der Waals surface area (Å²) in [4.78, 5) is 14.6. The summed E-state index contributed by atoms with van der Waals surface area (Å²) in [7, 11) is 2.22. The van der Waals surface area contributed by atoms with Crippen LogP contribution in [0.25, 0.3) is 0 Å². The number of halogens is 3. The number of amides is 1. The van der Waals surface area contributed by atoms with Crippen LogP contribution >= 0.6 is 0 Å². The van der Waals surface area contributed by atoms with E-state index in [1.54, 1.807) is 0 Å². The summed E-state index contributed by atoms with van der Waals surface area (Å²) in [6.07, 6.45) is -1.42. The first-order chi connectivity index (χ1) is 13.7. The fourth-order valence-corrected chi connectivity index (χ4v) is 3.39. The van der Waals surface area contributed by atoms with E-state index in [1.807, 2.05) is 25.1 Å². The van der Waals surface area contributed by atoms with Crippen molar-refractivity contribution in [3.63, 3.8) is 0 Å². The van der Waals surface area contributed by atoms with Gasteiger partial charge in [-0.15, -0.1) is 0 Å². The lowest BCUT2D eigenvalue weighted by Crippen LogP contribution is -2.34. The largest absolute Gasteiger partial charge is 0.400 e. The highest BCUT2D eigenvalue weighted by molar-refractivity contribution is 5.96. The molecule has 1 saturated carbocycles. The Morgan fingerprint density at radius 2 is 1.93 bits per heavy atom. The third-order valence-corrected chi connectivity index (χ3v) is 4.93. The first kappa shape index (κ1) is 22.9. The summed E-state index contributed by atoms with van der Waals surface area (Å²) in [5.74, 6) is -1.48. The number of carbonyl (C=O) groups excluding carboxylic acids is 1. The maximum absolute atomic E-state index is 14.4. The van der Waals surface area contributed by atoms with Gasteiger partial charge in [-0.25, -0.2) is 13.5 Å². The number of carbonyl (C=O) groups is 1. The Kier molecular flexibility index (Phi) is 7.46. The number of aliphatic hydroxyl groups is 1. The second kappa shape index (κ2) is 9.43. The maximum atomic E-state index is 14.4. The molecular formula is C21H28F3N3O2. The Labute approximate surface area is 169 Å². The van der Waals surface area contributed by atoms with E-state index >= 15 is 0 Å². The summed E-state index contributed by atoms with van der Waals surface area (Å²) < 4.78 is 41.7. The Balaban J connectivity index is 0.00000145. The number of nitrogens with zero attached hydrogens (tertiary/aromatic N) is 3. The molecule has 0 unspecified atom stereocenters. The van der Waals surface area contributed by atoms with Crippen LogP contribution in [0.1, 0.15) is 71.8 Å². The van der Waals surface area contributed by atoms with Gasteiger partial charge in [0.25, 0.3) is 12.3 Å². The molecule has 1 fully saturated rings. The Hall–Kier alpha value is -2.35. The molecule has 1 heterocycles. The van der Waals surface area contributed by atoms with E-state index in [4.69, 9.17) is 5.11 Å². The number of alkyl halides is 2. The Morgan fingerprint density at radius 3 is 2.45 bits per heavy atom. The number of benzene rings is 1. The molecular weight excluding hydrogens is 383 g/mol. The minimum absolute atomic E-state index is 0.0526. The van der Waals surface area contributed by atoms with Crippen molar-refractivity contribution >= 4 is 5.91 Å². The van der Waals surface area contributed by atoms with Crippen LogP contribution < -0.4 is 0 Å². The van der Waals surface area contributed by atoms with Gasteiger partial charge in [0, 0.05) is 26.7 Å². The summed E-state index contributed by atoms with van der Waals surface area (Å²) >= 11 is 0. The van der Waals surface area contributed by atoms with E-state index in [0.717, 1.165) is 36.6 Å². The number of rotatable bonds is 6. The van der Waals surface area contributed by atoms with Crippen molar-refractivity contribution in [2.45, 2.75) is 58.5 Å². The van der Waals surface area contributed by atoms with Crippen LogP contribution in [0.5, 0.6) is 0 Å². The number of aryl methyl sites for hydroxylation is 2. The number of hydrogen-bond donors (Lipinski definition) is 1. The first-order valence-electron chi connectivity index (χ1n) is 9.56. The molecule has 3 rings (SSSR count). The summed E-state index contributed by atoms with van der Waals surface area (Å²) in [6.45, 7) is 6.36. The molecule has 0 spiro atoms. The van der Waals surface area contributed by atoms with Gasteiger partial charge in [0.15, 0.2) is 0 Å². The van der Waals surface area contributed by atoms with Crippen molar-refractivity contribution < 1.29 is 23.1 Å². The normalized spacial score (nSPS) is 13.5. The average molecular weight is 411 g/mol. The van der Waals surface area contributed by atoms with Crippen molar-refractivity contribution in [1.82, 2.24) is 14.7 Å². The molecule has 1 aliphatic rings. The van der Waals surface area contributed by atoms with Crippen LogP contribution in [0.15, 0.2) is 18.2 Å². The van der Waals surface area contributed by atoms with Gasteiger partial charge >= 0.3 is 0 Å². The zero-order chi connectivity index (χ0) is 21.9. The summed E-state index contributed by atoms with van der Waals surface area (Å²) in [5, 5.41) is 10.5. The highest BCUT2D eigenvalue weighted by atomic mass is 19.3. The molecule has 160 valence electrons. The number of aromatic nitrogens is 2. The van der Waals surface area contributed by atoms with Crippen LogP contribution in [-0.2, 0) is 13.6 Å². The van der Waals surface area contributed by atoms with Gasteiger partial charge in [-0.1, -0.05) is 37.6 Å². The molecule has 5 nitrogen and oxygen atoms in total. The molecule has 0 saturated heterocycles. The predicted octanol–water partition coefficient (Wildman–Crippen LogP) is 4.34. The first-order valence-corrected chi connectivity index (χ1v) is 9.56. The van der Waals surface area contributed by atoms with Gasteiger partial charge in [0.2, 0.25) is 5.95 Å². The quantitative estimate of drug-likeness (QED) is 0.769. The fourth-order valence-electron chi connectivity index (χ4n) is 3.39. The lowest BCUT2D eigenvalue weighted by molar-refractivity contribution is 0.0711. The van der Waals surface area contributed by atoms with E-state index in [1.165, 1.54) is 11.9 Å². The zero-order valence-corrected chi connectivity index (χ0v) is 17.4. The molecule has 1 amide bonds. The SMILES string of the molecule is CO.Cc1ccc(C(C)C)c(CN(C(=O)c2c(C(F)F)nn(C)c2F)C2CC2)c1. The average Bonchev–Trinajstić information content (AvgIpc) is 3.46. The van der Waals surface area contributed by atoms with Gasteiger partial charge < -0.3 is 10.0 Å². The van der Waals surface area contributed by atoms with Crippen LogP contribution in [0, 0.1) is 12.9 Å².